The van der Waals surface area contributed by atoms with Crippen molar-refractivity contribution >= 4 is 0 Å². The van der Waals surface area contributed by atoms with Crippen LogP contribution in [0.25, 0.3) is 0 Å². The van der Waals surface area contributed by atoms with Crippen molar-refractivity contribution in [2.75, 3.05) is 13.6 Å². The Morgan fingerprint density at radius 1 is 1.64 bits per heavy atom. The summed E-state index contributed by atoms with van der Waals surface area (Å²) in [7, 11) is 2.05. The van der Waals surface area contributed by atoms with Gasteiger partial charge in [-0.15, -0.1) is 12.5 Å². The summed E-state index contributed by atoms with van der Waals surface area (Å²) in [5.74, 6) is 6.21. The van der Waals surface area contributed by atoms with Gasteiger partial charge in [-0.3, -0.25) is 4.90 Å². The van der Waals surface area contributed by atoms with Gasteiger partial charge in [0.25, 0.3) is 0 Å². The lowest BCUT2D eigenvalue weighted by atomic mass is 10.3. The predicted octanol–water partition coefficient (Wildman–Crippen LogP) is 1.91. The van der Waals surface area contributed by atoms with Gasteiger partial charge in [0.05, 0.1) is 6.04 Å². The lowest BCUT2D eigenvalue weighted by Gasteiger charge is -2.17. The third-order valence-electron chi connectivity index (χ3n) is 1.57. The van der Waals surface area contributed by atoms with Crippen LogP contribution in [0.1, 0.15) is 20.3 Å². The van der Waals surface area contributed by atoms with Crippen LogP contribution in [0.2, 0.25) is 0 Å². The van der Waals surface area contributed by atoms with Crippen molar-refractivity contribution in [3.05, 3.63) is 12.7 Å². The topological polar surface area (TPSA) is 3.24 Å². The average Bonchev–Trinajstić information content (AvgIpc) is 2.00. The zero-order valence-electron chi connectivity index (χ0n) is 7.72. The fourth-order valence-corrected chi connectivity index (χ4v) is 0.722. The molecule has 0 bridgehead atoms. The molecule has 0 heterocycles. The molecule has 1 atom stereocenters. The lowest BCUT2D eigenvalue weighted by molar-refractivity contribution is 0.338. The number of likely N-dealkylation sites (N-methyl/N-ethyl adjacent to an activating group) is 1. The summed E-state index contributed by atoms with van der Waals surface area (Å²) in [5.41, 5.74) is 0. The predicted molar refractivity (Wildman–Crippen MR) is 50.4 cm³/mol. The molecule has 0 aliphatic carbocycles. The number of hydrogen-bond acceptors (Lipinski definition) is 1. The summed E-state index contributed by atoms with van der Waals surface area (Å²) in [5, 5.41) is 0. The van der Waals surface area contributed by atoms with Gasteiger partial charge in [0, 0.05) is 13.0 Å². The Morgan fingerprint density at radius 3 is 2.73 bits per heavy atom. The van der Waals surface area contributed by atoms with E-state index < -0.39 is 0 Å². The Kier molecular flexibility index (Phi) is 5.60. The normalized spacial score (nSPS) is 12.0. The first-order valence-corrected chi connectivity index (χ1v) is 4.01. The zero-order chi connectivity index (χ0) is 8.69. The van der Waals surface area contributed by atoms with Crippen LogP contribution in [0, 0.1) is 11.8 Å². The van der Waals surface area contributed by atoms with Gasteiger partial charge in [0.1, 0.15) is 0 Å². The van der Waals surface area contributed by atoms with Crippen LogP contribution in [-0.2, 0) is 0 Å². The maximum Gasteiger partial charge on any atom is 0.0686 e. The molecule has 0 amide bonds. The van der Waals surface area contributed by atoms with Crippen molar-refractivity contribution in [3.8, 4) is 11.8 Å². The molecule has 62 valence electrons. The van der Waals surface area contributed by atoms with Gasteiger partial charge in [-0.2, -0.15) is 0 Å². The van der Waals surface area contributed by atoms with Crippen molar-refractivity contribution in [2.24, 2.45) is 0 Å². The van der Waals surface area contributed by atoms with Crippen molar-refractivity contribution in [1.29, 1.82) is 0 Å². The molecular weight excluding hydrogens is 134 g/mol. The van der Waals surface area contributed by atoms with Gasteiger partial charge in [0.15, 0.2) is 0 Å². The van der Waals surface area contributed by atoms with E-state index in [0.717, 1.165) is 13.0 Å². The van der Waals surface area contributed by atoms with Gasteiger partial charge in [-0.1, -0.05) is 18.9 Å². The quantitative estimate of drug-likeness (QED) is 0.440. The molecular formula is C10H17N. The summed E-state index contributed by atoms with van der Waals surface area (Å²) in [4.78, 5) is 2.16. The highest BCUT2D eigenvalue weighted by molar-refractivity contribution is 5.06. The fraction of sp³-hybridized carbons (Fsp3) is 0.600. The molecule has 0 radical (unpaired) electrons. The van der Waals surface area contributed by atoms with Crippen LogP contribution in [0.4, 0.5) is 0 Å². The molecule has 0 rings (SSSR count). The molecule has 0 spiro atoms. The van der Waals surface area contributed by atoms with E-state index in [2.05, 4.69) is 44.2 Å². The standard InChI is InChI=1S/C10H17N/c1-5-7-8-10(3)11(4)9-6-2/h6,10H,2,5,9H2,1,3-4H3. The second-order valence-electron chi connectivity index (χ2n) is 2.58. The van der Waals surface area contributed by atoms with Crippen LogP contribution >= 0.6 is 0 Å². The SMILES string of the molecule is C=CCN(C)C(C)C#CCC. The second-order valence-corrected chi connectivity index (χ2v) is 2.58. The first kappa shape index (κ1) is 10.3. The van der Waals surface area contributed by atoms with E-state index in [9.17, 15) is 0 Å². The summed E-state index contributed by atoms with van der Waals surface area (Å²) >= 11 is 0. The Bertz CT molecular complexity index is 161. The number of rotatable bonds is 3. The van der Waals surface area contributed by atoms with Gasteiger partial charge in [-0.05, 0) is 14.0 Å². The van der Waals surface area contributed by atoms with Crippen molar-refractivity contribution in [1.82, 2.24) is 4.90 Å². The van der Waals surface area contributed by atoms with Crippen LogP contribution in [0.5, 0.6) is 0 Å². The maximum absolute atomic E-state index is 3.67. The highest BCUT2D eigenvalue weighted by Crippen LogP contribution is 1.92. The zero-order valence-corrected chi connectivity index (χ0v) is 7.72. The molecule has 0 fully saturated rings. The summed E-state index contributed by atoms with van der Waals surface area (Å²) in [6, 6.07) is 0.341. The van der Waals surface area contributed by atoms with Gasteiger partial charge >= 0.3 is 0 Å². The largest absolute Gasteiger partial charge is 0.289 e. The minimum absolute atomic E-state index is 0.341. The molecule has 0 aliphatic heterocycles. The lowest BCUT2D eigenvalue weighted by Crippen LogP contribution is -2.27. The van der Waals surface area contributed by atoms with E-state index in [0.29, 0.717) is 6.04 Å². The Labute approximate surface area is 70.1 Å². The van der Waals surface area contributed by atoms with Gasteiger partial charge in [-0.25, -0.2) is 0 Å². The highest BCUT2D eigenvalue weighted by Gasteiger charge is 2.01. The number of nitrogens with zero attached hydrogens (tertiary/aromatic N) is 1. The Morgan fingerprint density at radius 2 is 2.27 bits per heavy atom. The van der Waals surface area contributed by atoms with E-state index in [1.807, 2.05) is 6.08 Å². The Balaban J connectivity index is 3.80. The van der Waals surface area contributed by atoms with E-state index in [4.69, 9.17) is 0 Å². The van der Waals surface area contributed by atoms with Gasteiger partial charge < -0.3 is 0 Å². The molecule has 0 aromatic heterocycles. The maximum atomic E-state index is 3.67. The third-order valence-corrected chi connectivity index (χ3v) is 1.57. The van der Waals surface area contributed by atoms with Crippen LogP contribution in [0.3, 0.4) is 0 Å². The minimum Gasteiger partial charge on any atom is -0.289 e. The smallest absolute Gasteiger partial charge is 0.0686 e. The molecule has 0 aliphatic rings. The van der Waals surface area contributed by atoms with E-state index in [1.54, 1.807) is 0 Å². The molecule has 0 aromatic carbocycles. The van der Waals surface area contributed by atoms with E-state index in [1.165, 1.54) is 0 Å². The Hall–Kier alpha value is -0.740. The average molecular weight is 151 g/mol. The molecule has 0 saturated carbocycles. The van der Waals surface area contributed by atoms with Gasteiger partial charge in [0.2, 0.25) is 0 Å². The molecule has 11 heavy (non-hydrogen) atoms. The molecule has 0 saturated heterocycles. The summed E-state index contributed by atoms with van der Waals surface area (Å²) < 4.78 is 0. The third kappa shape index (κ3) is 4.64. The second kappa shape index (κ2) is 6.00. The monoisotopic (exact) mass is 151 g/mol. The van der Waals surface area contributed by atoms with Crippen molar-refractivity contribution in [2.45, 2.75) is 26.3 Å². The first-order valence-electron chi connectivity index (χ1n) is 4.01. The van der Waals surface area contributed by atoms with E-state index in [-0.39, 0.29) is 0 Å². The number of hydrogen-bond donors (Lipinski definition) is 0. The minimum atomic E-state index is 0.341. The van der Waals surface area contributed by atoms with Crippen LogP contribution in [0.15, 0.2) is 12.7 Å². The molecule has 0 aromatic rings. The highest BCUT2D eigenvalue weighted by atomic mass is 15.1. The molecule has 1 unspecified atom stereocenters. The van der Waals surface area contributed by atoms with Crippen LogP contribution in [-0.4, -0.2) is 24.5 Å². The molecule has 1 nitrogen and oxygen atoms in total. The van der Waals surface area contributed by atoms with Crippen molar-refractivity contribution in [3.63, 3.8) is 0 Å². The fourth-order valence-electron chi connectivity index (χ4n) is 0.722. The summed E-state index contributed by atoms with van der Waals surface area (Å²) in [6.07, 6.45) is 2.83. The van der Waals surface area contributed by atoms with Crippen LogP contribution < -0.4 is 0 Å². The molecule has 0 N–H and O–H groups in total. The van der Waals surface area contributed by atoms with Crippen molar-refractivity contribution < 1.29 is 0 Å². The van der Waals surface area contributed by atoms with E-state index >= 15 is 0 Å². The first-order chi connectivity index (χ1) is 5.22. The molecule has 1 heteroatoms. The summed E-state index contributed by atoms with van der Waals surface area (Å²) in [6.45, 7) is 8.74.